The molecule has 0 saturated carbocycles. The number of hydrogen-bond acceptors (Lipinski definition) is 5. The first-order chi connectivity index (χ1) is 14.0. The van der Waals surface area contributed by atoms with E-state index < -0.39 is 29.7 Å². The number of ether oxygens (including phenoxy) is 1. The molecule has 3 aromatic rings. The van der Waals surface area contributed by atoms with Gasteiger partial charge < -0.3 is 14.6 Å². The molecule has 1 fully saturated rings. The molecule has 4 rings (SSSR count). The van der Waals surface area contributed by atoms with Crippen molar-refractivity contribution in [1.82, 2.24) is 14.5 Å². The van der Waals surface area contributed by atoms with Gasteiger partial charge >= 0.3 is 0 Å². The van der Waals surface area contributed by atoms with E-state index in [4.69, 9.17) is 16.3 Å². The summed E-state index contributed by atoms with van der Waals surface area (Å²) >= 11 is 4.97. The van der Waals surface area contributed by atoms with Crippen LogP contribution in [0.1, 0.15) is 37.7 Å². The number of aromatic nitrogens is 3. The monoisotopic (exact) mass is 440 g/mol. The second-order valence-electron chi connectivity index (χ2n) is 6.70. The Balaban J connectivity index is 1.86. The van der Waals surface area contributed by atoms with Crippen molar-refractivity contribution in [2.24, 2.45) is 0 Å². The number of hydrogen-bond donors (Lipinski definition) is 1. The lowest BCUT2D eigenvalue weighted by atomic mass is 10.2. The fourth-order valence-corrected chi connectivity index (χ4v) is 4.36. The molecule has 0 bridgehead atoms. The van der Waals surface area contributed by atoms with E-state index in [9.17, 15) is 13.3 Å². The van der Waals surface area contributed by atoms with Crippen LogP contribution in [0.15, 0.2) is 35.2 Å². The Morgan fingerprint density at radius 1 is 1.28 bits per heavy atom. The highest BCUT2D eigenvalue weighted by Crippen LogP contribution is 2.36. The highest BCUT2D eigenvalue weighted by Gasteiger charge is 2.29. The van der Waals surface area contributed by atoms with Gasteiger partial charge in [0.25, 0.3) is 6.43 Å². The van der Waals surface area contributed by atoms with Gasteiger partial charge in [-0.1, -0.05) is 23.7 Å². The van der Waals surface area contributed by atoms with Gasteiger partial charge in [-0.2, -0.15) is 0 Å². The molecule has 29 heavy (non-hydrogen) atoms. The van der Waals surface area contributed by atoms with E-state index in [0.29, 0.717) is 29.3 Å². The van der Waals surface area contributed by atoms with Crippen LogP contribution >= 0.6 is 11.6 Å². The first kappa shape index (κ1) is 20.3. The SMILES string of the molecule is C[S+]([O-])c1ccccc1Nc1cc(Cl)nc2c1nc(C(F)F)n2C1CCCCO1. The summed E-state index contributed by atoms with van der Waals surface area (Å²) < 4.78 is 46.7. The number of benzene rings is 1. The minimum Gasteiger partial charge on any atom is -0.612 e. The lowest BCUT2D eigenvalue weighted by Gasteiger charge is -2.25. The van der Waals surface area contributed by atoms with Crippen LogP contribution in [-0.2, 0) is 15.9 Å². The minimum atomic E-state index is -2.79. The molecule has 2 aromatic heterocycles. The molecule has 0 radical (unpaired) electrons. The van der Waals surface area contributed by atoms with Crippen molar-refractivity contribution in [2.45, 2.75) is 36.8 Å². The van der Waals surface area contributed by atoms with E-state index in [1.54, 1.807) is 30.5 Å². The van der Waals surface area contributed by atoms with Crippen molar-refractivity contribution in [2.75, 3.05) is 18.2 Å². The van der Waals surface area contributed by atoms with Gasteiger partial charge in [-0.05, 0) is 42.6 Å². The zero-order valence-corrected chi connectivity index (χ0v) is 17.1. The number of alkyl halides is 2. The number of para-hydroxylation sites is 1. The van der Waals surface area contributed by atoms with Gasteiger partial charge in [-0.25, -0.2) is 18.7 Å². The number of pyridine rings is 1. The molecule has 1 saturated heterocycles. The average Bonchev–Trinajstić information content (AvgIpc) is 3.08. The third-order valence-electron chi connectivity index (χ3n) is 4.75. The fraction of sp³-hybridized carbons (Fsp3) is 0.368. The Morgan fingerprint density at radius 3 is 2.76 bits per heavy atom. The molecule has 1 aliphatic rings. The van der Waals surface area contributed by atoms with Crippen LogP contribution in [0.2, 0.25) is 5.15 Å². The number of halogens is 3. The molecule has 0 amide bonds. The van der Waals surface area contributed by atoms with E-state index in [2.05, 4.69) is 15.3 Å². The molecule has 0 spiro atoms. The predicted molar refractivity (Wildman–Crippen MR) is 108 cm³/mol. The molecule has 10 heteroatoms. The van der Waals surface area contributed by atoms with Crippen LogP contribution < -0.4 is 5.32 Å². The van der Waals surface area contributed by atoms with Crippen molar-refractivity contribution in [1.29, 1.82) is 0 Å². The normalized spacial score (nSPS) is 18.3. The Morgan fingerprint density at radius 2 is 2.07 bits per heavy atom. The summed E-state index contributed by atoms with van der Waals surface area (Å²) in [6.45, 7) is 0.494. The molecule has 6 nitrogen and oxygen atoms in total. The Labute approximate surface area is 174 Å². The summed E-state index contributed by atoms with van der Waals surface area (Å²) in [6.07, 6.45) is 0.566. The third kappa shape index (κ3) is 4.05. The number of anilines is 2. The molecule has 2 unspecified atom stereocenters. The van der Waals surface area contributed by atoms with Crippen LogP contribution in [0.25, 0.3) is 11.2 Å². The second-order valence-corrected chi connectivity index (χ2v) is 8.44. The van der Waals surface area contributed by atoms with E-state index in [0.717, 1.165) is 12.8 Å². The minimum absolute atomic E-state index is 0.132. The van der Waals surface area contributed by atoms with Crippen LogP contribution in [-0.4, -0.2) is 32.0 Å². The largest absolute Gasteiger partial charge is 0.612 e. The fourth-order valence-electron chi connectivity index (χ4n) is 3.48. The molecular formula is C19H19ClF2N4O2S. The lowest BCUT2D eigenvalue weighted by molar-refractivity contribution is -0.0363. The van der Waals surface area contributed by atoms with Gasteiger partial charge in [-0.3, -0.25) is 4.57 Å². The van der Waals surface area contributed by atoms with Crippen molar-refractivity contribution in [3.8, 4) is 0 Å². The zero-order chi connectivity index (χ0) is 20.5. The van der Waals surface area contributed by atoms with Crippen molar-refractivity contribution in [3.63, 3.8) is 0 Å². The second kappa shape index (κ2) is 8.43. The third-order valence-corrected chi connectivity index (χ3v) is 5.92. The summed E-state index contributed by atoms with van der Waals surface area (Å²) in [5, 5.41) is 3.27. The molecular weight excluding hydrogens is 422 g/mol. The highest BCUT2D eigenvalue weighted by molar-refractivity contribution is 7.90. The van der Waals surface area contributed by atoms with Gasteiger partial charge in [0.15, 0.2) is 16.4 Å². The summed E-state index contributed by atoms with van der Waals surface area (Å²) in [5.41, 5.74) is 1.49. The molecule has 0 aliphatic carbocycles. The number of imidazole rings is 1. The molecule has 1 aliphatic heterocycles. The highest BCUT2D eigenvalue weighted by atomic mass is 35.5. The lowest BCUT2D eigenvalue weighted by Crippen LogP contribution is -2.20. The summed E-state index contributed by atoms with van der Waals surface area (Å²) in [5.74, 6) is -0.405. The molecule has 154 valence electrons. The first-order valence-electron chi connectivity index (χ1n) is 9.13. The molecule has 1 aromatic carbocycles. The van der Waals surface area contributed by atoms with Crippen molar-refractivity contribution >= 4 is 45.3 Å². The molecule has 2 atom stereocenters. The van der Waals surface area contributed by atoms with E-state index >= 15 is 0 Å². The van der Waals surface area contributed by atoms with Crippen LogP contribution in [0.4, 0.5) is 20.2 Å². The predicted octanol–water partition coefficient (Wildman–Crippen LogP) is 5.20. The Hall–Kier alpha value is -1.94. The standard InChI is InChI=1S/C19H19ClF2N4O2S/c1-29(27)13-7-3-2-6-11(13)23-12-10-14(20)24-18-16(12)25-19(17(21)22)26(18)15-8-4-5-9-28-15/h2-3,6-7,10,15,17H,4-5,8-9H2,1H3,(H,23,24). The molecule has 3 heterocycles. The maximum Gasteiger partial charge on any atom is 0.295 e. The number of nitrogens with zero attached hydrogens (tertiary/aromatic N) is 3. The van der Waals surface area contributed by atoms with Gasteiger partial charge in [-0.15, -0.1) is 0 Å². The number of nitrogens with one attached hydrogen (secondary N) is 1. The average molecular weight is 441 g/mol. The van der Waals surface area contributed by atoms with Crippen LogP contribution in [0, 0.1) is 0 Å². The van der Waals surface area contributed by atoms with Crippen molar-refractivity contribution < 1.29 is 18.1 Å². The summed E-state index contributed by atoms with van der Waals surface area (Å²) in [4.78, 5) is 9.02. The molecule has 1 N–H and O–H groups in total. The van der Waals surface area contributed by atoms with Gasteiger partial charge in [0.05, 0.1) is 11.4 Å². The number of fused-ring (bicyclic) bond motifs is 1. The summed E-state index contributed by atoms with van der Waals surface area (Å²) in [6, 6.07) is 8.58. The first-order valence-corrected chi connectivity index (χ1v) is 11.1. The van der Waals surface area contributed by atoms with E-state index in [-0.39, 0.29) is 16.3 Å². The summed E-state index contributed by atoms with van der Waals surface area (Å²) in [7, 11) is 0. The van der Waals surface area contributed by atoms with Crippen molar-refractivity contribution in [3.05, 3.63) is 41.3 Å². The van der Waals surface area contributed by atoms with E-state index in [1.807, 2.05) is 0 Å². The maximum absolute atomic E-state index is 13.8. The zero-order valence-electron chi connectivity index (χ0n) is 15.6. The van der Waals surface area contributed by atoms with Gasteiger partial charge in [0, 0.05) is 12.7 Å². The Kier molecular flexibility index (Phi) is 5.91. The van der Waals surface area contributed by atoms with Gasteiger partial charge in [0.1, 0.15) is 23.2 Å². The van der Waals surface area contributed by atoms with Crippen LogP contribution in [0.3, 0.4) is 0 Å². The number of rotatable bonds is 5. The van der Waals surface area contributed by atoms with E-state index in [1.165, 1.54) is 10.6 Å². The van der Waals surface area contributed by atoms with Gasteiger partial charge in [0.2, 0.25) is 0 Å². The maximum atomic E-state index is 13.8. The quantitative estimate of drug-likeness (QED) is 0.436. The van der Waals surface area contributed by atoms with Crippen LogP contribution in [0.5, 0.6) is 0 Å². The topological polar surface area (TPSA) is 75.0 Å². The Bertz CT molecular complexity index is 1020. The smallest absolute Gasteiger partial charge is 0.295 e.